The van der Waals surface area contributed by atoms with E-state index >= 15 is 0 Å². The molecule has 0 unspecified atom stereocenters. The summed E-state index contributed by atoms with van der Waals surface area (Å²) in [5, 5.41) is 4.18. The summed E-state index contributed by atoms with van der Waals surface area (Å²) < 4.78 is 25.6. The first kappa shape index (κ1) is 17.9. The molecule has 0 fully saturated rings. The molecule has 24 heavy (non-hydrogen) atoms. The molecule has 7 heteroatoms. The van der Waals surface area contributed by atoms with Crippen molar-refractivity contribution in [2.75, 3.05) is 11.2 Å². The Balaban J connectivity index is 2.51. The van der Waals surface area contributed by atoms with Gasteiger partial charge in [-0.15, -0.1) is 0 Å². The highest BCUT2D eigenvalue weighted by Gasteiger charge is 2.19. The lowest BCUT2D eigenvalue weighted by atomic mass is 10.2. The van der Waals surface area contributed by atoms with Crippen molar-refractivity contribution in [1.29, 1.82) is 0 Å². The molecule has 0 saturated heterocycles. The lowest BCUT2D eigenvalue weighted by Crippen LogP contribution is -2.29. The molecule has 0 aliphatic rings. The van der Waals surface area contributed by atoms with Crippen LogP contribution in [0.15, 0.2) is 41.9 Å². The number of sulfone groups is 1. The molecule has 1 heterocycles. The third-order valence-corrected chi connectivity index (χ3v) is 5.23. The van der Waals surface area contributed by atoms with E-state index in [9.17, 15) is 13.2 Å². The van der Waals surface area contributed by atoms with Gasteiger partial charge in [-0.25, -0.2) is 8.42 Å². The number of hydrogen-bond donors (Lipinski definition) is 0. The van der Waals surface area contributed by atoms with Crippen molar-refractivity contribution in [3.05, 3.63) is 53.9 Å². The average Bonchev–Trinajstić information content (AvgIpc) is 2.83. The summed E-state index contributed by atoms with van der Waals surface area (Å²) in [6.07, 6.45) is 4.07. The Labute approximate surface area is 142 Å². The third-order valence-electron chi connectivity index (χ3n) is 3.99. The van der Waals surface area contributed by atoms with Crippen LogP contribution in [0.2, 0.25) is 0 Å². The zero-order chi connectivity index (χ0) is 18.1. The SMILES string of the molecule is C=CC(=O)N(Cc1cnn(C)c1C)c1ccc(C)c(S(C)(=O)=O)c1. The Kier molecular flexibility index (Phi) is 4.94. The number of anilines is 1. The van der Waals surface area contributed by atoms with E-state index in [-0.39, 0.29) is 17.3 Å². The standard InChI is InChI=1S/C17H21N3O3S/c1-6-17(21)20(11-14-10-18-19(4)13(14)3)15-8-7-12(2)16(9-15)24(5,22)23/h6-10H,1,11H2,2-5H3. The maximum absolute atomic E-state index is 12.3. The van der Waals surface area contributed by atoms with Crippen LogP contribution >= 0.6 is 0 Å². The van der Waals surface area contributed by atoms with Gasteiger partial charge in [0.05, 0.1) is 17.6 Å². The lowest BCUT2D eigenvalue weighted by Gasteiger charge is -2.22. The van der Waals surface area contributed by atoms with Gasteiger partial charge in [0.2, 0.25) is 0 Å². The number of carbonyl (C=O) groups excluding carboxylic acids is 1. The maximum Gasteiger partial charge on any atom is 0.250 e. The smallest absolute Gasteiger partial charge is 0.250 e. The van der Waals surface area contributed by atoms with Crippen molar-refractivity contribution >= 4 is 21.4 Å². The van der Waals surface area contributed by atoms with Crippen LogP contribution in [0, 0.1) is 13.8 Å². The van der Waals surface area contributed by atoms with E-state index in [1.165, 1.54) is 17.0 Å². The summed E-state index contributed by atoms with van der Waals surface area (Å²) in [7, 11) is -1.55. The number of aromatic nitrogens is 2. The molecule has 0 aliphatic heterocycles. The van der Waals surface area contributed by atoms with Gasteiger partial charge in [-0.05, 0) is 37.6 Å². The Morgan fingerprint density at radius 2 is 2.04 bits per heavy atom. The second-order valence-electron chi connectivity index (χ2n) is 5.73. The summed E-state index contributed by atoms with van der Waals surface area (Å²) in [4.78, 5) is 14.0. The van der Waals surface area contributed by atoms with Crippen LogP contribution in [0.3, 0.4) is 0 Å². The zero-order valence-corrected chi connectivity index (χ0v) is 15.1. The van der Waals surface area contributed by atoms with Gasteiger partial charge in [-0.3, -0.25) is 9.48 Å². The number of benzene rings is 1. The van der Waals surface area contributed by atoms with E-state index < -0.39 is 9.84 Å². The first-order valence-corrected chi connectivity index (χ1v) is 9.26. The molecule has 128 valence electrons. The van der Waals surface area contributed by atoms with Crippen molar-refractivity contribution in [3.63, 3.8) is 0 Å². The molecular weight excluding hydrogens is 326 g/mol. The molecule has 2 rings (SSSR count). The van der Waals surface area contributed by atoms with Gasteiger partial charge in [0.15, 0.2) is 9.84 Å². The first-order chi connectivity index (χ1) is 11.1. The monoisotopic (exact) mass is 347 g/mol. The highest BCUT2D eigenvalue weighted by atomic mass is 32.2. The second-order valence-corrected chi connectivity index (χ2v) is 7.71. The zero-order valence-electron chi connectivity index (χ0n) is 14.3. The van der Waals surface area contributed by atoms with E-state index in [0.29, 0.717) is 11.3 Å². The van der Waals surface area contributed by atoms with Crippen LogP contribution in [0.5, 0.6) is 0 Å². The van der Waals surface area contributed by atoms with E-state index in [4.69, 9.17) is 0 Å². The van der Waals surface area contributed by atoms with Crippen molar-refractivity contribution in [3.8, 4) is 0 Å². The Morgan fingerprint density at radius 3 is 2.54 bits per heavy atom. The van der Waals surface area contributed by atoms with E-state index in [1.54, 1.807) is 29.9 Å². The maximum atomic E-state index is 12.3. The molecule has 0 atom stereocenters. The first-order valence-electron chi connectivity index (χ1n) is 7.37. The molecule has 0 bridgehead atoms. The molecule has 6 nitrogen and oxygen atoms in total. The van der Waals surface area contributed by atoms with Gasteiger partial charge in [0.25, 0.3) is 5.91 Å². The Morgan fingerprint density at radius 1 is 1.38 bits per heavy atom. The average molecular weight is 347 g/mol. The molecule has 0 N–H and O–H groups in total. The van der Waals surface area contributed by atoms with Crippen molar-refractivity contribution in [2.45, 2.75) is 25.3 Å². The highest BCUT2D eigenvalue weighted by Crippen LogP contribution is 2.25. The molecular formula is C17H21N3O3S. The largest absolute Gasteiger partial charge is 0.304 e. The van der Waals surface area contributed by atoms with Crippen LogP contribution in [0.1, 0.15) is 16.8 Å². The molecule has 2 aromatic rings. The van der Waals surface area contributed by atoms with E-state index in [2.05, 4.69) is 11.7 Å². The van der Waals surface area contributed by atoms with Gasteiger partial charge in [0, 0.05) is 30.2 Å². The minimum absolute atomic E-state index is 0.213. The molecule has 1 aromatic heterocycles. The van der Waals surface area contributed by atoms with Crippen LogP contribution in [0.25, 0.3) is 0 Å². The molecule has 0 spiro atoms. The fourth-order valence-electron chi connectivity index (χ4n) is 2.43. The summed E-state index contributed by atoms with van der Waals surface area (Å²) in [6.45, 7) is 7.46. The highest BCUT2D eigenvalue weighted by molar-refractivity contribution is 7.90. The number of nitrogens with zero attached hydrogens (tertiary/aromatic N) is 3. The minimum atomic E-state index is -3.38. The van der Waals surface area contributed by atoms with Crippen molar-refractivity contribution < 1.29 is 13.2 Å². The number of amides is 1. The lowest BCUT2D eigenvalue weighted by molar-refractivity contribution is -0.114. The fraction of sp³-hybridized carbons (Fsp3) is 0.294. The molecule has 1 amide bonds. The Hall–Kier alpha value is -2.41. The van der Waals surface area contributed by atoms with E-state index in [0.717, 1.165) is 17.5 Å². The summed E-state index contributed by atoms with van der Waals surface area (Å²) in [6, 6.07) is 4.96. The predicted octanol–water partition coefficient (Wildman–Crippen LogP) is 2.16. The summed E-state index contributed by atoms with van der Waals surface area (Å²) in [5.41, 5.74) is 2.97. The van der Waals surface area contributed by atoms with Crippen LogP contribution < -0.4 is 4.90 Å². The predicted molar refractivity (Wildman–Crippen MR) is 93.6 cm³/mol. The van der Waals surface area contributed by atoms with Crippen molar-refractivity contribution in [2.24, 2.45) is 7.05 Å². The van der Waals surface area contributed by atoms with E-state index in [1.807, 2.05) is 14.0 Å². The third kappa shape index (κ3) is 3.56. The van der Waals surface area contributed by atoms with Gasteiger partial charge < -0.3 is 4.90 Å². The van der Waals surface area contributed by atoms with Gasteiger partial charge in [0.1, 0.15) is 0 Å². The fourth-order valence-corrected chi connectivity index (χ4v) is 3.42. The van der Waals surface area contributed by atoms with Crippen LogP contribution in [-0.4, -0.2) is 30.4 Å². The number of hydrogen-bond acceptors (Lipinski definition) is 4. The number of carbonyl (C=O) groups is 1. The molecule has 0 saturated carbocycles. The number of rotatable bonds is 5. The minimum Gasteiger partial charge on any atom is -0.304 e. The molecule has 1 aromatic carbocycles. The van der Waals surface area contributed by atoms with Gasteiger partial charge >= 0.3 is 0 Å². The van der Waals surface area contributed by atoms with Crippen molar-refractivity contribution in [1.82, 2.24) is 9.78 Å². The van der Waals surface area contributed by atoms with Crippen LogP contribution in [-0.2, 0) is 28.2 Å². The summed E-state index contributed by atoms with van der Waals surface area (Å²) >= 11 is 0. The number of aryl methyl sites for hydroxylation is 2. The van der Waals surface area contributed by atoms with Gasteiger partial charge in [-0.1, -0.05) is 12.6 Å². The molecule has 0 aliphatic carbocycles. The Bertz CT molecular complexity index is 898. The normalized spacial score (nSPS) is 11.3. The molecule has 0 radical (unpaired) electrons. The quantitative estimate of drug-likeness (QED) is 0.777. The second kappa shape index (κ2) is 6.60. The van der Waals surface area contributed by atoms with Crippen LogP contribution in [0.4, 0.5) is 5.69 Å². The van der Waals surface area contributed by atoms with Gasteiger partial charge in [-0.2, -0.15) is 5.10 Å². The summed E-state index contributed by atoms with van der Waals surface area (Å²) in [5.74, 6) is -0.304. The topological polar surface area (TPSA) is 72.3 Å².